The smallest absolute Gasteiger partial charge is 0.259 e. The van der Waals surface area contributed by atoms with E-state index in [1.54, 1.807) is 24.4 Å². The van der Waals surface area contributed by atoms with Gasteiger partial charge in [-0.3, -0.25) is 9.59 Å². The monoisotopic (exact) mass is 384 g/mol. The molecule has 1 aliphatic rings. The predicted octanol–water partition coefficient (Wildman–Crippen LogP) is 3.38. The maximum atomic E-state index is 12.4. The second kappa shape index (κ2) is 7.00. The highest BCUT2D eigenvalue weighted by Crippen LogP contribution is 2.38. The van der Waals surface area contributed by atoms with Crippen molar-refractivity contribution in [1.82, 2.24) is 14.7 Å². The minimum Gasteiger partial charge on any atom is -0.334 e. The molecule has 1 amide bonds. The molecule has 138 valence electrons. The Labute approximate surface area is 160 Å². The minimum absolute atomic E-state index is 0.137. The van der Waals surface area contributed by atoms with Gasteiger partial charge in [0, 0.05) is 28.9 Å². The van der Waals surface area contributed by atoms with E-state index in [9.17, 15) is 9.59 Å². The van der Waals surface area contributed by atoms with E-state index < -0.39 is 0 Å². The van der Waals surface area contributed by atoms with Crippen LogP contribution in [-0.4, -0.2) is 20.6 Å². The van der Waals surface area contributed by atoms with Crippen molar-refractivity contribution >= 4 is 23.2 Å². The zero-order chi connectivity index (χ0) is 19.0. The minimum atomic E-state index is -0.330. The van der Waals surface area contributed by atoms with Crippen molar-refractivity contribution < 1.29 is 9.32 Å². The molecular formula is C19H17ClN4O3. The molecule has 1 aromatic carbocycles. The van der Waals surface area contributed by atoms with Gasteiger partial charge in [0.25, 0.3) is 11.4 Å². The van der Waals surface area contributed by atoms with E-state index in [0.717, 1.165) is 18.4 Å². The van der Waals surface area contributed by atoms with Gasteiger partial charge < -0.3 is 14.4 Å². The molecule has 0 spiro atoms. The highest BCUT2D eigenvalue weighted by molar-refractivity contribution is 6.31. The van der Waals surface area contributed by atoms with E-state index in [2.05, 4.69) is 15.5 Å². The molecular weight excluding hydrogens is 368 g/mol. The Morgan fingerprint density at radius 1 is 1.33 bits per heavy atom. The van der Waals surface area contributed by atoms with Crippen molar-refractivity contribution in [2.75, 3.05) is 5.32 Å². The second-order valence-electron chi connectivity index (χ2n) is 6.62. The fourth-order valence-corrected chi connectivity index (χ4v) is 2.89. The summed E-state index contributed by atoms with van der Waals surface area (Å²) in [6.07, 6.45) is 3.69. The van der Waals surface area contributed by atoms with Gasteiger partial charge in [-0.2, -0.15) is 4.98 Å². The summed E-state index contributed by atoms with van der Waals surface area (Å²) in [7, 11) is 0. The second-order valence-corrected chi connectivity index (χ2v) is 7.06. The lowest BCUT2D eigenvalue weighted by Crippen LogP contribution is -2.27. The first kappa shape index (κ1) is 17.5. The maximum absolute atomic E-state index is 12.4. The standard InChI is InChI=1S/C19H17ClN4O3/c1-11-2-6-14(20)8-15(11)21-16(25)10-24-9-13(5-7-17(24)26)19-22-18(23-27-19)12-3-4-12/h2,5-9,12H,3-4,10H2,1H3,(H,21,25). The largest absolute Gasteiger partial charge is 0.334 e. The third-order valence-corrected chi connectivity index (χ3v) is 4.64. The quantitative estimate of drug-likeness (QED) is 0.728. The number of anilines is 1. The van der Waals surface area contributed by atoms with Crippen LogP contribution in [0.15, 0.2) is 45.8 Å². The molecule has 8 heteroatoms. The molecule has 4 rings (SSSR count). The summed E-state index contributed by atoms with van der Waals surface area (Å²) in [5.41, 5.74) is 1.80. The predicted molar refractivity (Wildman–Crippen MR) is 101 cm³/mol. The van der Waals surface area contributed by atoms with Gasteiger partial charge >= 0.3 is 0 Å². The van der Waals surface area contributed by atoms with Crippen LogP contribution in [-0.2, 0) is 11.3 Å². The topological polar surface area (TPSA) is 90.0 Å². The number of carbonyl (C=O) groups excluding carboxylic acids is 1. The Bertz CT molecular complexity index is 1070. The summed E-state index contributed by atoms with van der Waals surface area (Å²) >= 11 is 5.97. The maximum Gasteiger partial charge on any atom is 0.259 e. The van der Waals surface area contributed by atoms with Crippen LogP contribution in [0.3, 0.4) is 0 Å². The number of halogens is 1. The van der Waals surface area contributed by atoms with Crippen LogP contribution in [0.2, 0.25) is 5.02 Å². The molecule has 27 heavy (non-hydrogen) atoms. The van der Waals surface area contributed by atoms with Crippen molar-refractivity contribution in [3.63, 3.8) is 0 Å². The number of hydrogen-bond donors (Lipinski definition) is 1. The first-order valence-electron chi connectivity index (χ1n) is 8.60. The van der Waals surface area contributed by atoms with Gasteiger partial charge in [-0.25, -0.2) is 0 Å². The van der Waals surface area contributed by atoms with Gasteiger partial charge in [-0.1, -0.05) is 22.8 Å². The summed E-state index contributed by atoms with van der Waals surface area (Å²) in [6, 6.07) is 8.24. The lowest BCUT2D eigenvalue weighted by Gasteiger charge is -2.10. The summed E-state index contributed by atoms with van der Waals surface area (Å²) < 4.78 is 6.60. The van der Waals surface area contributed by atoms with Crippen molar-refractivity contribution in [3.8, 4) is 11.5 Å². The van der Waals surface area contributed by atoms with Crippen LogP contribution in [0, 0.1) is 6.92 Å². The number of aromatic nitrogens is 3. The number of benzene rings is 1. The zero-order valence-corrected chi connectivity index (χ0v) is 15.4. The van der Waals surface area contributed by atoms with Gasteiger partial charge in [-0.15, -0.1) is 0 Å². The van der Waals surface area contributed by atoms with Crippen LogP contribution in [0.5, 0.6) is 0 Å². The Hall–Kier alpha value is -2.93. The molecule has 1 N–H and O–H groups in total. The van der Waals surface area contributed by atoms with Crippen LogP contribution in [0.1, 0.15) is 30.1 Å². The molecule has 2 heterocycles. The number of hydrogen-bond acceptors (Lipinski definition) is 5. The average molecular weight is 385 g/mol. The number of carbonyl (C=O) groups is 1. The molecule has 7 nitrogen and oxygen atoms in total. The van der Waals surface area contributed by atoms with Crippen LogP contribution >= 0.6 is 11.6 Å². The zero-order valence-electron chi connectivity index (χ0n) is 14.6. The van der Waals surface area contributed by atoms with Crippen LogP contribution in [0.4, 0.5) is 5.69 Å². The van der Waals surface area contributed by atoms with E-state index >= 15 is 0 Å². The number of nitrogens with zero attached hydrogens (tertiary/aromatic N) is 3. The van der Waals surface area contributed by atoms with Crippen molar-refractivity contribution in [1.29, 1.82) is 0 Å². The highest BCUT2D eigenvalue weighted by atomic mass is 35.5. The molecule has 0 aliphatic heterocycles. The van der Waals surface area contributed by atoms with Crippen LogP contribution < -0.4 is 10.9 Å². The van der Waals surface area contributed by atoms with E-state index in [0.29, 0.717) is 33.9 Å². The number of amides is 1. The van der Waals surface area contributed by atoms with E-state index in [-0.39, 0.29) is 18.0 Å². The van der Waals surface area contributed by atoms with Gasteiger partial charge in [0.15, 0.2) is 5.82 Å². The summed E-state index contributed by atoms with van der Waals surface area (Å²) in [4.78, 5) is 28.9. The molecule has 0 saturated heterocycles. The van der Waals surface area contributed by atoms with Gasteiger partial charge in [-0.05, 0) is 43.5 Å². The lowest BCUT2D eigenvalue weighted by molar-refractivity contribution is -0.116. The molecule has 1 fully saturated rings. The van der Waals surface area contributed by atoms with Crippen molar-refractivity contribution in [2.45, 2.75) is 32.2 Å². The molecule has 0 radical (unpaired) electrons. The highest BCUT2D eigenvalue weighted by Gasteiger charge is 2.29. The molecule has 2 aromatic heterocycles. The lowest BCUT2D eigenvalue weighted by atomic mass is 10.2. The number of nitrogens with one attached hydrogen (secondary N) is 1. The first-order chi connectivity index (χ1) is 13.0. The molecule has 1 saturated carbocycles. The molecule has 0 bridgehead atoms. The molecule has 0 unspecified atom stereocenters. The van der Waals surface area contributed by atoms with E-state index in [4.69, 9.17) is 16.1 Å². The van der Waals surface area contributed by atoms with Crippen molar-refractivity contribution in [3.05, 3.63) is 63.3 Å². The van der Waals surface area contributed by atoms with E-state index in [1.165, 1.54) is 10.6 Å². The molecule has 0 atom stereocenters. The van der Waals surface area contributed by atoms with Gasteiger partial charge in [0.05, 0.1) is 5.56 Å². The van der Waals surface area contributed by atoms with E-state index in [1.807, 2.05) is 13.0 Å². The summed E-state index contributed by atoms with van der Waals surface area (Å²) in [5, 5.41) is 7.28. The fourth-order valence-electron chi connectivity index (χ4n) is 2.71. The Balaban J connectivity index is 1.53. The van der Waals surface area contributed by atoms with Gasteiger partial charge in [0.1, 0.15) is 6.54 Å². The Morgan fingerprint density at radius 3 is 2.93 bits per heavy atom. The normalized spacial score (nSPS) is 13.6. The SMILES string of the molecule is Cc1ccc(Cl)cc1NC(=O)Cn1cc(-c2nc(C3CC3)no2)ccc1=O. The number of pyridine rings is 1. The third-order valence-electron chi connectivity index (χ3n) is 4.40. The molecule has 1 aliphatic carbocycles. The van der Waals surface area contributed by atoms with Crippen molar-refractivity contribution in [2.24, 2.45) is 0 Å². The number of rotatable bonds is 5. The Kier molecular flexibility index (Phi) is 4.53. The number of aryl methyl sites for hydroxylation is 1. The molecule has 3 aromatic rings. The fraction of sp³-hybridized carbons (Fsp3) is 0.263. The average Bonchev–Trinajstić information content (AvgIpc) is 3.37. The summed E-state index contributed by atoms with van der Waals surface area (Å²) in [5.74, 6) is 1.08. The van der Waals surface area contributed by atoms with Crippen LogP contribution in [0.25, 0.3) is 11.5 Å². The van der Waals surface area contributed by atoms with Gasteiger partial charge in [0.2, 0.25) is 5.91 Å². The first-order valence-corrected chi connectivity index (χ1v) is 8.98. The summed E-state index contributed by atoms with van der Waals surface area (Å²) in [6.45, 7) is 1.73. The Morgan fingerprint density at radius 2 is 2.15 bits per heavy atom. The third kappa shape index (κ3) is 3.93.